The summed E-state index contributed by atoms with van der Waals surface area (Å²) in [7, 11) is -3.06. The molecule has 0 radical (unpaired) electrons. The number of sulfone groups is 1. The van der Waals surface area contributed by atoms with Gasteiger partial charge in [0.1, 0.15) is 9.84 Å². The molecule has 3 rings (SSSR count). The normalized spacial score (nSPS) is 19.4. The number of hydrogen-bond donors (Lipinski definition) is 1. The molecular weight excluding hydrogens is 300 g/mol. The smallest absolute Gasteiger partial charge is 0.321 e. The lowest BCUT2D eigenvalue weighted by Crippen LogP contribution is -2.43. The standard InChI is InChI=1S/C16H22N2O3S/c1-22(20,21)11-10-17-15(19)18-12-16(8-4-5-9-16)13-6-2-3-7-14(13)18/h2-3,6-7H,4-5,8-12H2,1H3,(H,17,19). The maximum atomic E-state index is 12.5. The number of carbonyl (C=O) groups is 1. The molecule has 0 unspecified atom stereocenters. The van der Waals surface area contributed by atoms with Gasteiger partial charge in [-0.1, -0.05) is 31.0 Å². The van der Waals surface area contributed by atoms with Gasteiger partial charge in [0.05, 0.1) is 5.75 Å². The van der Waals surface area contributed by atoms with Gasteiger partial charge in [-0.2, -0.15) is 0 Å². The van der Waals surface area contributed by atoms with Gasteiger partial charge in [-0.05, 0) is 24.5 Å². The van der Waals surface area contributed by atoms with Crippen molar-refractivity contribution in [3.05, 3.63) is 29.8 Å². The van der Waals surface area contributed by atoms with Crippen molar-refractivity contribution in [2.45, 2.75) is 31.1 Å². The van der Waals surface area contributed by atoms with Gasteiger partial charge >= 0.3 is 6.03 Å². The first-order chi connectivity index (χ1) is 10.4. The number of nitrogens with one attached hydrogen (secondary N) is 1. The number of benzene rings is 1. The zero-order valence-corrected chi connectivity index (χ0v) is 13.7. The molecule has 2 aliphatic rings. The fourth-order valence-electron chi connectivity index (χ4n) is 3.73. The van der Waals surface area contributed by atoms with Gasteiger partial charge < -0.3 is 5.32 Å². The van der Waals surface area contributed by atoms with E-state index in [-0.39, 0.29) is 23.7 Å². The maximum absolute atomic E-state index is 12.5. The lowest BCUT2D eigenvalue weighted by atomic mass is 9.81. The second-order valence-corrected chi connectivity index (χ2v) is 8.71. The number of urea groups is 1. The van der Waals surface area contributed by atoms with Gasteiger partial charge in [0, 0.05) is 30.4 Å². The van der Waals surface area contributed by atoms with E-state index in [9.17, 15) is 13.2 Å². The van der Waals surface area contributed by atoms with E-state index in [1.54, 1.807) is 4.90 Å². The molecule has 6 heteroatoms. The Bertz CT molecular complexity index is 678. The molecule has 1 heterocycles. The van der Waals surface area contributed by atoms with E-state index in [1.165, 1.54) is 24.7 Å². The van der Waals surface area contributed by atoms with Crippen molar-refractivity contribution in [1.82, 2.24) is 5.32 Å². The van der Waals surface area contributed by atoms with Crippen LogP contribution >= 0.6 is 0 Å². The van der Waals surface area contributed by atoms with E-state index >= 15 is 0 Å². The van der Waals surface area contributed by atoms with Crippen molar-refractivity contribution in [1.29, 1.82) is 0 Å². The van der Waals surface area contributed by atoms with E-state index in [0.717, 1.165) is 18.5 Å². The Balaban J connectivity index is 1.76. The van der Waals surface area contributed by atoms with Crippen LogP contribution in [0, 0.1) is 0 Å². The third-order valence-electron chi connectivity index (χ3n) is 4.78. The van der Waals surface area contributed by atoms with Gasteiger partial charge in [0.15, 0.2) is 0 Å². The summed E-state index contributed by atoms with van der Waals surface area (Å²) in [6.07, 6.45) is 5.84. The zero-order chi connectivity index (χ0) is 15.8. The molecule has 1 aromatic carbocycles. The third-order valence-corrected chi connectivity index (χ3v) is 5.73. The number of anilines is 1. The van der Waals surface area contributed by atoms with Crippen molar-refractivity contribution in [3.8, 4) is 0 Å². The molecule has 1 aliphatic heterocycles. The summed E-state index contributed by atoms with van der Waals surface area (Å²) in [5.74, 6) is -0.0284. The maximum Gasteiger partial charge on any atom is 0.321 e. The summed E-state index contributed by atoms with van der Waals surface area (Å²) in [5.41, 5.74) is 2.34. The Labute approximate surface area is 131 Å². The van der Waals surface area contributed by atoms with Crippen LogP contribution < -0.4 is 10.2 Å². The van der Waals surface area contributed by atoms with Crippen LogP contribution in [0.25, 0.3) is 0 Å². The molecular formula is C16H22N2O3S. The summed E-state index contributed by atoms with van der Waals surface area (Å²) >= 11 is 0. The summed E-state index contributed by atoms with van der Waals surface area (Å²) in [4.78, 5) is 14.2. The predicted molar refractivity (Wildman–Crippen MR) is 87.0 cm³/mol. The number of carbonyl (C=O) groups excluding carboxylic acids is 1. The highest BCUT2D eigenvalue weighted by Crippen LogP contribution is 2.50. The van der Waals surface area contributed by atoms with E-state index in [4.69, 9.17) is 0 Å². The first kappa shape index (κ1) is 15.3. The molecule has 1 fully saturated rings. The Morgan fingerprint density at radius 1 is 1.27 bits per heavy atom. The van der Waals surface area contributed by atoms with Crippen molar-refractivity contribution in [2.75, 3.05) is 30.0 Å². The second kappa shape index (κ2) is 5.57. The molecule has 120 valence electrons. The van der Waals surface area contributed by atoms with Crippen LogP contribution in [0.3, 0.4) is 0 Å². The van der Waals surface area contributed by atoms with Gasteiger partial charge in [-0.25, -0.2) is 13.2 Å². The number of hydrogen-bond acceptors (Lipinski definition) is 3. The largest absolute Gasteiger partial charge is 0.337 e. The molecule has 2 amide bonds. The lowest BCUT2D eigenvalue weighted by Gasteiger charge is -2.24. The Morgan fingerprint density at radius 3 is 2.64 bits per heavy atom. The van der Waals surface area contributed by atoms with Crippen LogP contribution in [0.2, 0.25) is 0 Å². The van der Waals surface area contributed by atoms with Gasteiger partial charge in [0.25, 0.3) is 0 Å². The van der Waals surface area contributed by atoms with Gasteiger partial charge in [0.2, 0.25) is 0 Å². The minimum absolute atomic E-state index is 0.0284. The first-order valence-electron chi connectivity index (χ1n) is 7.74. The average Bonchev–Trinajstić information content (AvgIpc) is 3.05. The van der Waals surface area contributed by atoms with Crippen LogP contribution in [0.4, 0.5) is 10.5 Å². The Kier molecular flexibility index (Phi) is 3.89. The number of nitrogens with zero attached hydrogens (tertiary/aromatic N) is 1. The summed E-state index contributed by atoms with van der Waals surface area (Å²) < 4.78 is 22.3. The van der Waals surface area contributed by atoms with E-state index in [2.05, 4.69) is 11.4 Å². The van der Waals surface area contributed by atoms with Crippen LogP contribution in [0.15, 0.2) is 24.3 Å². The number of fused-ring (bicyclic) bond motifs is 2. The quantitative estimate of drug-likeness (QED) is 0.926. The summed E-state index contributed by atoms with van der Waals surface area (Å²) in [5, 5.41) is 2.74. The minimum Gasteiger partial charge on any atom is -0.337 e. The molecule has 1 aromatic rings. The fraction of sp³-hybridized carbons (Fsp3) is 0.562. The first-order valence-corrected chi connectivity index (χ1v) is 9.80. The van der Waals surface area contributed by atoms with E-state index in [1.807, 2.05) is 18.2 Å². The molecule has 22 heavy (non-hydrogen) atoms. The van der Waals surface area contributed by atoms with Crippen molar-refractivity contribution < 1.29 is 13.2 Å². The number of para-hydroxylation sites is 1. The average molecular weight is 322 g/mol. The monoisotopic (exact) mass is 322 g/mol. The molecule has 1 spiro atoms. The SMILES string of the molecule is CS(=O)(=O)CCNC(=O)N1CC2(CCCC2)c2ccccc21. The molecule has 0 aromatic heterocycles. The van der Waals surface area contributed by atoms with Crippen LogP contribution in [-0.2, 0) is 15.3 Å². The van der Waals surface area contributed by atoms with E-state index in [0.29, 0.717) is 6.54 Å². The van der Waals surface area contributed by atoms with Crippen LogP contribution in [-0.4, -0.2) is 39.5 Å². The molecule has 0 atom stereocenters. The summed E-state index contributed by atoms with van der Waals surface area (Å²) in [6, 6.07) is 7.90. The lowest BCUT2D eigenvalue weighted by molar-refractivity contribution is 0.246. The van der Waals surface area contributed by atoms with Gasteiger partial charge in [-0.15, -0.1) is 0 Å². The fourth-order valence-corrected chi connectivity index (χ4v) is 4.20. The van der Waals surface area contributed by atoms with Crippen molar-refractivity contribution in [3.63, 3.8) is 0 Å². The third kappa shape index (κ3) is 2.84. The highest BCUT2D eigenvalue weighted by molar-refractivity contribution is 7.90. The van der Waals surface area contributed by atoms with Crippen molar-refractivity contribution >= 4 is 21.6 Å². The minimum atomic E-state index is -3.06. The Morgan fingerprint density at radius 2 is 1.95 bits per heavy atom. The van der Waals surface area contributed by atoms with Crippen LogP contribution in [0.5, 0.6) is 0 Å². The van der Waals surface area contributed by atoms with Crippen molar-refractivity contribution in [2.24, 2.45) is 0 Å². The molecule has 0 saturated heterocycles. The molecule has 1 aliphatic carbocycles. The Hall–Kier alpha value is -1.56. The molecule has 5 nitrogen and oxygen atoms in total. The predicted octanol–water partition coefficient (Wildman–Crippen LogP) is 2.07. The number of rotatable bonds is 3. The second-order valence-electron chi connectivity index (χ2n) is 6.45. The number of amides is 2. The van der Waals surface area contributed by atoms with Gasteiger partial charge in [-0.3, -0.25) is 4.90 Å². The van der Waals surface area contributed by atoms with E-state index < -0.39 is 9.84 Å². The molecule has 0 bridgehead atoms. The van der Waals surface area contributed by atoms with Crippen LogP contribution in [0.1, 0.15) is 31.2 Å². The highest BCUT2D eigenvalue weighted by Gasteiger charge is 2.45. The molecule has 1 N–H and O–H groups in total. The summed E-state index contributed by atoms with van der Waals surface area (Å²) in [6.45, 7) is 0.861. The molecule has 1 saturated carbocycles. The topological polar surface area (TPSA) is 66.5 Å². The highest BCUT2D eigenvalue weighted by atomic mass is 32.2. The zero-order valence-electron chi connectivity index (χ0n) is 12.8.